The molecule has 3 heterocycles. The lowest BCUT2D eigenvalue weighted by molar-refractivity contribution is -0.0473. The number of methoxy groups -OCH3 is 3. The minimum Gasteiger partial charge on any atom is -0.493 e. The summed E-state index contributed by atoms with van der Waals surface area (Å²) < 4.78 is 16.4. The van der Waals surface area contributed by atoms with E-state index < -0.39 is 5.97 Å². The zero-order valence-electron chi connectivity index (χ0n) is 19.8. The molecule has 0 unspecified atom stereocenters. The van der Waals surface area contributed by atoms with Crippen molar-refractivity contribution in [3.05, 3.63) is 42.1 Å². The Kier molecular flexibility index (Phi) is 6.45. The minimum absolute atomic E-state index is 0.0236. The molecule has 1 aliphatic rings. The number of fused-ring (bicyclic) bond motifs is 2. The summed E-state index contributed by atoms with van der Waals surface area (Å²) in [6, 6.07) is 8.72. The monoisotopic (exact) mass is 511 g/mol. The number of rotatable bonds is 8. The van der Waals surface area contributed by atoms with E-state index in [0.29, 0.717) is 52.8 Å². The van der Waals surface area contributed by atoms with Crippen molar-refractivity contribution in [1.82, 2.24) is 25.0 Å². The van der Waals surface area contributed by atoms with Crippen molar-refractivity contribution >= 4 is 51.5 Å². The number of nitrogens with one attached hydrogen (secondary N) is 2. The van der Waals surface area contributed by atoms with Crippen LogP contribution in [0.3, 0.4) is 0 Å². The Hall–Kier alpha value is -3.78. The predicted octanol–water partition coefficient (Wildman–Crippen LogP) is 2.59. The molecular formula is C23H25N7O5S. The van der Waals surface area contributed by atoms with Gasteiger partial charge in [0.15, 0.2) is 11.5 Å². The highest BCUT2D eigenvalue weighted by Crippen LogP contribution is 2.35. The maximum atomic E-state index is 11.7. The Morgan fingerprint density at radius 2 is 1.92 bits per heavy atom. The number of ether oxygens (including phenoxy) is 3. The summed E-state index contributed by atoms with van der Waals surface area (Å²) in [4.78, 5) is 26.7. The highest BCUT2D eigenvalue weighted by Gasteiger charge is 2.31. The molecule has 1 aliphatic heterocycles. The van der Waals surface area contributed by atoms with Crippen LogP contribution in [-0.4, -0.2) is 71.2 Å². The lowest BCUT2D eigenvalue weighted by Gasteiger charge is -2.40. The lowest BCUT2D eigenvalue weighted by atomic mass is 10.1. The maximum absolute atomic E-state index is 11.7. The third-order valence-electron chi connectivity index (χ3n) is 5.93. The molecule has 0 atom stereocenters. The molecule has 4 aromatic rings. The quantitative estimate of drug-likeness (QED) is 0.156. The molecule has 0 aliphatic carbocycles. The summed E-state index contributed by atoms with van der Waals surface area (Å²) in [5.74, 6) is 1.56. The van der Waals surface area contributed by atoms with E-state index in [4.69, 9.17) is 19.9 Å². The number of hydrogen-bond donors (Lipinski definition) is 4. The van der Waals surface area contributed by atoms with Gasteiger partial charge in [-0.15, -0.1) is 0 Å². The van der Waals surface area contributed by atoms with Gasteiger partial charge in [0.05, 0.1) is 43.3 Å². The van der Waals surface area contributed by atoms with Gasteiger partial charge >= 0.3 is 5.97 Å². The van der Waals surface area contributed by atoms with Crippen molar-refractivity contribution < 1.29 is 24.2 Å². The van der Waals surface area contributed by atoms with Crippen molar-refractivity contribution in [2.24, 2.45) is 0 Å². The zero-order chi connectivity index (χ0) is 25.4. The topological polar surface area (TPSA) is 151 Å². The van der Waals surface area contributed by atoms with Gasteiger partial charge in [0.25, 0.3) is 0 Å². The van der Waals surface area contributed by atoms with Crippen molar-refractivity contribution in [3.8, 4) is 11.5 Å². The Labute approximate surface area is 210 Å². The highest BCUT2D eigenvalue weighted by atomic mass is 32.2. The molecule has 13 heteroatoms. The van der Waals surface area contributed by atoms with Crippen LogP contribution < -0.4 is 25.5 Å². The summed E-state index contributed by atoms with van der Waals surface area (Å²) in [6.07, 6.45) is 1.77. The van der Waals surface area contributed by atoms with Gasteiger partial charge in [-0.1, -0.05) is 10.6 Å². The number of hydrogen-bond acceptors (Lipinski definition) is 12. The molecule has 36 heavy (non-hydrogen) atoms. The molecule has 0 bridgehead atoms. The molecule has 0 amide bonds. The predicted molar refractivity (Wildman–Crippen MR) is 135 cm³/mol. The summed E-state index contributed by atoms with van der Waals surface area (Å²) in [7, 11) is 4.47. The number of aromatic amines is 1. The molecule has 0 radical (unpaired) electrons. The smallest absolute Gasteiger partial charge is 0.337 e. The summed E-state index contributed by atoms with van der Waals surface area (Å²) in [5, 5.41) is 12.0. The molecule has 2 aromatic heterocycles. The van der Waals surface area contributed by atoms with Crippen LogP contribution in [0.15, 0.2) is 41.4 Å². The van der Waals surface area contributed by atoms with Crippen LogP contribution in [0.25, 0.3) is 21.8 Å². The van der Waals surface area contributed by atoms with Crippen LogP contribution in [-0.2, 0) is 4.74 Å². The number of anilines is 2. The average molecular weight is 512 g/mol. The van der Waals surface area contributed by atoms with E-state index in [2.05, 4.69) is 20.4 Å². The Morgan fingerprint density at radius 1 is 1.17 bits per heavy atom. The number of carbonyl (C=O) groups is 1. The van der Waals surface area contributed by atoms with E-state index >= 15 is 0 Å². The molecule has 188 valence electrons. The summed E-state index contributed by atoms with van der Waals surface area (Å²) in [6.45, 7) is 1.15. The van der Waals surface area contributed by atoms with Crippen LogP contribution >= 0.6 is 11.9 Å². The second-order valence-corrected chi connectivity index (χ2v) is 9.10. The number of H-pyrrole nitrogens is 1. The zero-order valence-corrected chi connectivity index (χ0v) is 20.6. The van der Waals surface area contributed by atoms with E-state index in [9.17, 15) is 10.0 Å². The molecule has 0 spiro atoms. The van der Waals surface area contributed by atoms with Crippen molar-refractivity contribution in [2.75, 3.05) is 45.1 Å². The molecule has 0 saturated carbocycles. The fraction of sp³-hybridized carbons (Fsp3) is 0.261. The second kappa shape index (κ2) is 9.70. The van der Waals surface area contributed by atoms with Gasteiger partial charge < -0.3 is 29.8 Å². The highest BCUT2D eigenvalue weighted by molar-refractivity contribution is 7.97. The third kappa shape index (κ3) is 4.44. The molecule has 1 fully saturated rings. The maximum Gasteiger partial charge on any atom is 0.337 e. The third-order valence-corrected chi connectivity index (χ3v) is 6.74. The van der Waals surface area contributed by atoms with Crippen LogP contribution in [0.2, 0.25) is 0 Å². The molecule has 12 nitrogen and oxygen atoms in total. The normalized spacial score (nSPS) is 13.9. The van der Waals surface area contributed by atoms with Crippen molar-refractivity contribution in [1.29, 1.82) is 0 Å². The van der Waals surface area contributed by atoms with E-state index in [1.54, 1.807) is 44.7 Å². The summed E-state index contributed by atoms with van der Waals surface area (Å²) in [5.41, 5.74) is 11.1. The van der Waals surface area contributed by atoms with Gasteiger partial charge in [-0.05, 0) is 18.2 Å². The first-order chi connectivity index (χ1) is 17.4. The van der Waals surface area contributed by atoms with Crippen LogP contribution in [0, 0.1) is 0 Å². The number of nitrogen functional groups attached to an aromatic ring is 1. The Balaban J connectivity index is 1.22. The fourth-order valence-electron chi connectivity index (χ4n) is 4.03. The van der Waals surface area contributed by atoms with E-state index in [1.807, 2.05) is 11.0 Å². The number of esters is 1. The van der Waals surface area contributed by atoms with Crippen molar-refractivity contribution in [2.45, 2.75) is 10.9 Å². The number of nitrogens with zero attached hydrogens (tertiary/aromatic N) is 4. The van der Waals surface area contributed by atoms with Gasteiger partial charge in [-0.3, -0.25) is 5.21 Å². The van der Waals surface area contributed by atoms with E-state index in [-0.39, 0.29) is 6.04 Å². The SMILES string of the molecule is COC(=O)c1ccc2c(SN(O)NC3CN(c4nc(N)c5cc(OC)c(OC)cc5n4)C3)c[nH]c2c1. The van der Waals surface area contributed by atoms with Gasteiger partial charge in [-0.25, -0.2) is 15.2 Å². The molecule has 5 rings (SSSR count). The minimum atomic E-state index is -0.406. The van der Waals surface area contributed by atoms with Gasteiger partial charge in [-0.2, -0.15) is 4.98 Å². The second-order valence-electron chi connectivity index (χ2n) is 8.13. The first-order valence-electron chi connectivity index (χ1n) is 11.0. The Morgan fingerprint density at radius 3 is 2.64 bits per heavy atom. The van der Waals surface area contributed by atoms with E-state index in [1.165, 1.54) is 7.11 Å². The average Bonchev–Trinajstić information content (AvgIpc) is 3.26. The lowest BCUT2D eigenvalue weighted by Crippen LogP contribution is -2.61. The molecule has 5 N–H and O–H groups in total. The summed E-state index contributed by atoms with van der Waals surface area (Å²) >= 11 is 1.12. The number of benzene rings is 2. The van der Waals surface area contributed by atoms with Crippen LogP contribution in [0.5, 0.6) is 11.5 Å². The van der Waals surface area contributed by atoms with Gasteiger partial charge in [0.2, 0.25) is 5.95 Å². The van der Waals surface area contributed by atoms with Gasteiger partial charge in [0.1, 0.15) is 5.82 Å². The number of nitrogens with two attached hydrogens (primary N) is 1. The molecule has 1 saturated heterocycles. The first kappa shape index (κ1) is 23.9. The molecule has 2 aromatic carbocycles. The number of aromatic nitrogens is 3. The van der Waals surface area contributed by atoms with E-state index in [0.717, 1.165) is 32.3 Å². The standard InChI is InChI=1S/C23H25N7O5S/c1-33-18-7-15-17(8-19(18)34-2)26-23(27-21(15)24)29-10-13(11-29)28-30(32)36-20-9-25-16-6-12(22(31)35-3)4-5-14(16)20/h4-9,13,25,28,32H,10-11H2,1-3H3,(H2,24,26,27). The largest absolute Gasteiger partial charge is 0.493 e. The number of hydrazine groups is 1. The van der Waals surface area contributed by atoms with Crippen LogP contribution in [0.1, 0.15) is 10.4 Å². The molecular weight excluding hydrogens is 486 g/mol. The first-order valence-corrected chi connectivity index (χ1v) is 11.7. The Bertz CT molecular complexity index is 1440. The van der Waals surface area contributed by atoms with Crippen LogP contribution in [0.4, 0.5) is 11.8 Å². The number of carbonyl (C=O) groups excluding carboxylic acids is 1. The van der Waals surface area contributed by atoms with Gasteiger partial charge in [0, 0.05) is 53.6 Å². The fourth-order valence-corrected chi connectivity index (χ4v) is 4.80. The van der Waals surface area contributed by atoms with Crippen molar-refractivity contribution in [3.63, 3.8) is 0 Å².